The van der Waals surface area contributed by atoms with E-state index < -0.39 is 0 Å². The summed E-state index contributed by atoms with van der Waals surface area (Å²) in [4.78, 5) is 34.7. The fourth-order valence-corrected chi connectivity index (χ4v) is 4.68. The van der Waals surface area contributed by atoms with Gasteiger partial charge in [-0.15, -0.1) is 11.3 Å². The zero-order chi connectivity index (χ0) is 24.8. The third kappa shape index (κ3) is 6.76. The first-order valence-electron chi connectivity index (χ1n) is 12.0. The van der Waals surface area contributed by atoms with Crippen LogP contribution in [-0.2, 0) is 16.6 Å². The van der Waals surface area contributed by atoms with Crippen LogP contribution in [0.3, 0.4) is 0 Å². The van der Waals surface area contributed by atoms with Gasteiger partial charge in [0.25, 0.3) is 5.91 Å². The van der Waals surface area contributed by atoms with Crippen molar-refractivity contribution < 1.29 is 14.1 Å². The second kappa shape index (κ2) is 11.1. The number of rotatable bonds is 8. The maximum absolute atomic E-state index is 12.6. The highest BCUT2D eigenvalue weighted by Gasteiger charge is 2.22. The number of carbonyl (C=O) groups excluding carboxylic acids is 2. The van der Waals surface area contributed by atoms with Gasteiger partial charge in [-0.05, 0) is 47.5 Å². The lowest BCUT2D eigenvalue weighted by Gasteiger charge is -2.34. The van der Waals surface area contributed by atoms with Crippen molar-refractivity contribution in [2.45, 2.75) is 39.0 Å². The second-order valence-electron chi connectivity index (χ2n) is 9.83. The van der Waals surface area contributed by atoms with Crippen LogP contribution in [0.5, 0.6) is 0 Å². The number of thiophene rings is 1. The van der Waals surface area contributed by atoms with E-state index in [1.165, 1.54) is 5.56 Å². The Hall–Kier alpha value is -3.04. The molecular formula is C26H33N5O3S. The number of piperazine rings is 1. The summed E-state index contributed by atoms with van der Waals surface area (Å²) in [6.45, 7) is 10.3. The van der Waals surface area contributed by atoms with Gasteiger partial charge >= 0.3 is 0 Å². The van der Waals surface area contributed by atoms with Crippen LogP contribution in [-0.4, -0.2) is 71.0 Å². The Bertz CT molecular complexity index is 1110. The van der Waals surface area contributed by atoms with Crippen LogP contribution in [0.25, 0.3) is 10.7 Å². The molecule has 1 fully saturated rings. The molecule has 0 unspecified atom stereocenters. The van der Waals surface area contributed by atoms with Crippen molar-refractivity contribution in [2.75, 3.05) is 39.3 Å². The number of aromatic nitrogens is 2. The topological polar surface area (TPSA) is 91.6 Å². The monoisotopic (exact) mass is 495 g/mol. The number of nitrogens with zero attached hydrogens (tertiary/aromatic N) is 4. The zero-order valence-corrected chi connectivity index (χ0v) is 21.4. The SMILES string of the molecule is CC(C)(C)c1ccc(C(=O)NCC(=O)N2CCN(CCCc3nc(-c4cccs4)no3)CC2)cc1. The summed E-state index contributed by atoms with van der Waals surface area (Å²) < 4.78 is 5.36. The van der Waals surface area contributed by atoms with Crippen molar-refractivity contribution in [3.05, 3.63) is 58.8 Å². The molecule has 2 amide bonds. The van der Waals surface area contributed by atoms with Gasteiger partial charge in [0.05, 0.1) is 11.4 Å². The van der Waals surface area contributed by atoms with Crippen molar-refractivity contribution in [3.63, 3.8) is 0 Å². The minimum absolute atomic E-state index is 0.0175. The first kappa shape index (κ1) is 25.1. The van der Waals surface area contributed by atoms with Gasteiger partial charge in [0.2, 0.25) is 17.6 Å². The highest BCUT2D eigenvalue weighted by molar-refractivity contribution is 7.13. The summed E-state index contributed by atoms with van der Waals surface area (Å²) in [7, 11) is 0. The maximum Gasteiger partial charge on any atom is 0.251 e. The molecule has 1 aliphatic rings. The van der Waals surface area contributed by atoms with Crippen molar-refractivity contribution in [3.8, 4) is 10.7 Å². The molecule has 3 heterocycles. The van der Waals surface area contributed by atoms with E-state index >= 15 is 0 Å². The van der Waals surface area contributed by atoms with Gasteiger partial charge < -0.3 is 14.7 Å². The molecule has 0 atom stereocenters. The Kier molecular flexibility index (Phi) is 7.97. The normalized spacial score (nSPS) is 14.8. The maximum atomic E-state index is 12.6. The van der Waals surface area contributed by atoms with Crippen molar-refractivity contribution in [2.24, 2.45) is 0 Å². The summed E-state index contributed by atoms with van der Waals surface area (Å²) in [5, 5.41) is 8.81. The highest BCUT2D eigenvalue weighted by Crippen LogP contribution is 2.23. The van der Waals surface area contributed by atoms with Crippen LogP contribution in [0.2, 0.25) is 0 Å². The molecule has 0 bridgehead atoms. The summed E-state index contributed by atoms with van der Waals surface area (Å²) in [5.41, 5.74) is 1.77. The Morgan fingerprint density at radius 2 is 1.83 bits per heavy atom. The third-order valence-corrected chi connectivity index (χ3v) is 7.08. The van der Waals surface area contributed by atoms with Crippen molar-refractivity contribution >= 4 is 23.2 Å². The molecule has 2 aromatic heterocycles. The number of aryl methyl sites for hydroxylation is 1. The predicted octanol–water partition coefficient (Wildman–Crippen LogP) is 3.60. The number of hydrogen-bond acceptors (Lipinski definition) is 7. The van der Waals surface area contributed by atoms with Gasteiger partial charge in [-0.2, -0.15) is 4.98 Å². The van der Waals surface area contributed by atoms with E-state index in [-0.39, 0.29) is 23.8 Å². The number of amides is 2. The van der Waals surface area contributed by atoms with Crippen LogP contribution in [0.15, 0.2) is 46.3 Å². The summed E-state index contributed by atoms with van der Waals surface area (Å²) in [6.07, 6.45) is 1.66. The quantitative estimate of drug-likeness (QED) is 0.513. The Balaban J connectivity index is 1.14. The van der Waals surface area contributed by atoms with E-state index in [9.17, 15) is 9.59 Å². The minimum atomic E-state index is -0.222. The van der Waals surface area contributed by atoms with Crippen LogP contribution in [0, 0.1) is 0 Å². The summed E-state index contributed by atoms with van der Waals surface area (Å²) in [5.74, 6) is 1.04. The van der Waals surface area contributed by atoms with Gasteiger partial charge in [-0.1, -0.05) is 44.1 Å². The number of benzene rings is 1. The van der Waals surface area contributed by atoms with E-state index in [2.05, 4.69) is 41.1 Å². The predicted molar refractivity (Wildman–Crippen MR) is 136 cm³/mol. The molecule has 9 heteroatoms. The molecular weight excluding hydrogens is 462 g/mol. The molecule has 35 heavy (non-hydrogen) atoms. The molecule has 1 saturated heterocycles. The molecule has 8 nitrogen and oxygen atoms in total. The van der Waals surface area contributed by atoms with E-state index in [4.69, 9.17) is 4.52 Å². The van der Waals surface area contributed by atoms with Crippen LogP contribution in [0.4, 0.5) is 0 Å². The molecule has 0 saturated carbocycles. The molecule has 0 radical (unpaired) electrons. The van der Waals surface area contributed by atoms with E-state index in [0.717, 1.165) is 37.4 Å². The molecule has 4 rings (SSSR count). The molecule has 1 aliphatic heterocycles. The van der Waals surface area contributed by atoms with Gasteiger partial charge in [-0.25, -0.2) is 0 Å². The molecule has 186 valence electrons. The third-order valence-electron chi connectivity index (χ3n) is 6.21. The largest absolute Gasteiger partial charge is 0.343 e. The van der Waals surface area contributed by atoms with Gasteiger partial charge in [0.1, 0.15) is 0 Å². The molecule has 1 aromatic carbocycles. The minimum Gasteiger partial charge on any atom is -0.343 e. The summed E-state index contributed by atoms with van der Waals surface area (Å²) >= 11 is 1.59. The first-order chi connectivity index (χ1) is 16.8. The number of nitrogens with one attached hydrogen (secondary N) is 1. The standard InChI is InChI=1S/C26H33N5O3S/c1-26(2,3)20-10-8-19(9-11-20)25(33)27-18-23(32)31-15-13-30(14-16-31)12-4-7-22-28-24(29-34-22)21-6-5-17-35-21/h5-6,8-11,17H,4,7,12-16,18H2,1-3H3,(H,27,33). The Morgan fingerprint density at radius 3 is 2.49 bits per heavy atom. The van der Waals surface area contributed by atoms with Crippen molar-refractivity contribution in [1.82, 2.24) is 25.3 Å². The first-order valence-corrected chi connectivity index (χ1v) is 12.9. The van der Waals surface area contributed by atoms with Gasteiger partial charge in [0.15, 0.2) is 0 Å². The van der Waals surface area contributed by atoms with Crippen LogP contribution < -0.4 is 5.32 Å². The molecule has 0 spiro atoms. The van der Waals surface area contributed by atoms with Crippen LogP contribution in [0.1, 0.15) is 49.0 Å². The number of hydrogen-bond donors (Lipinski definition) is 1. The number of carbonyl (C=O) groups is 2. The van der Waals surface area contributed by atoms with Crippen molar-refractivity contribution in [1.29, 1.82) is 0 Å². The second-order valence-corrected chi connectivity index (χ2v) is 10.8. The lowest BCUT2D eigenvalue weighted by atomic mass is 9.87. The highest BCUT2D eigenvalue weighted by atomic mass is 32.1. The van der Waals surface area contributed by atoms with Crippen LogP contribution >= 0.6 is 11.3 Å². The van der Waals surface area contributed by atoms with Gasteiger partial charge in [0, 0.05) is 38.2 Å². The zero-order valence-electron chi connectivity index (χ0n) is 20.6. The van der Waals surface area contributed by atoms with Gasteiger partial charge in [-0.3, -0.25) is 14.5 Å². The molecule has 3 aromatic rings. The lowest BCUT2D eigenvalue weighted by molar-refractivity contribution is -0.131. The smallest absolute Gasteiger partial charge is 0.251 e. The van der Waals surface area contributed by atoms with E-state index in [1.54, 1.807) is 11.3 Å². The fourth-order valence-electron chi connectivity index (χ4n) is 4.03. The lowest BCUT2D eigenvalue weighted by Crippen LogP contribution is -2.51. The molecule has 1 N–H and O–H groups in total. The van der Waals surface area contributed by atoms with E-state index in [0.29, 0.717) is 30.4 Å². The average Bonchev–Trinajstić information content (AvgIpc) is 3.55. The fraction of sp³-hybridized carbons (Fsp3) is 0.462. The summed E-state index contributed by atoms with van der Waals surface area (Å²) in [6, 6.07) is 11.5. The average molecular weight is 496 g/mol. The Morgan fingerprint density at radius 1 is 1.09 bits per heavy atom. The molecule has 0 aliphatic carbocycles. The Labute approximate surface area is 210 Å². The van der Waals surface area contributed by atoms with E-state index in [1.807, 2.05) is 46.7 Å².